The summed E-state index contributed by atoms with van der Waals surface area (Å²) >= 11 is 0. The molecule has 0 aliphatic carbocycles. The van der Waals surface area contributed by atoms with Crippen LogP contribution in [0.1, 0.15) is 5.56 Å². The first-order valence-electron chi connectivity index (χ1n) is 6.58. The zero-order valence-corrected chi connectivity index (χ0v) is 11.6. The van der Waals surface area contributed by atoms with Gasteiger partial charge >= 0.3 is 0 Å². The summed E-state index contributed by atoms with van der Waals surface area (Å²) in [6, 6.07) is 5.93. The number of β-amino-alcohol motifs (C(OH)–C–C–N with tert-alkyl or cyclic N) is 1. The Morgan fingerprint density at radius 2 is 2.19 bits per heavy atom. The van der Waals surface area contributed by atoms with Crippen LogP contribution in [-0.4, -0.2) is 53.1 Å². The van der Waals surface area contributed by atoms with Gasteiger partial charge in [0.05, 0.1) is 22.6 Å². The van der Waals surface area contributed by atoms with Crippen LogP contribution in [0, 0.1) is 10.1 Å². The van der Waals surface area contributed by atoms with Crippen LogP contribution in [0.25, 0.3) is 6.08 Å². The highest BCUT2D eigenvalue weighted by Crippen LogP contribution is 2.19. The van der Waals surface area contributed by atoms with Gasteiger partial charge in [-0.05, 0) is 12.1 Å². The number of hydrogen-bond acceptors (Lipinski definition) is 5. The van der Waals surface area contributed by atoms with Crippen LogP contribution in [0.5, 0.6) is 0 Å². The molecule has 0 radical (unpaired) electrons. The maximum atomic E-state index is 12.1. The van der Waals surface area contributed by atoms with E-state index in [9.17, 15) is 20.0 Å². The normalized spacial score (nSPS) is 21.6. The summed E-state index contributed by atoms with van der Waals surface area (Å²) in [5.41, 5.74) is 0.320. The number of carbonyl (C=O) groups is 1. The molecule has 1 aliphatic heterocycles. The Labute approximate surface area is 122 Å². The molecular weight excluding hydrogens is 274 g/mol. The summed E-state index contributed by atoms with van der Waals surface area (Å²) in [7, 11) is 1.60. The van der Waals surface area contributed by atoms with Crippen molar-refractivity contribution in [3.05, 3.63) is 46.0 Å². The average Bonchev–Trinajstić information content (AvgIpc) is 2.90. The molecule has 2 atom stereocenters. The van der Waals surface area contributed by atoms with Crippen molar-refractivity contribution in [2.75, 3.05) is 20.1 Å². The fourth-order valence-corrected chi connectivity index (χ4v) is 2.28. The Bertz CT molecular complexity index is 573. The van der Waals surface area contributed by atoms with Gasteiger partial charge in [0, 0.05) is 32.3 Å². The third-order valence-electron chi connectivity index (χ3n) is 3.54. The number of hydrogen-bond donors (Lipinski definition) is 2. The maximum absolute atomic E-state index is 12.1. The van der Waals surface area contributed by atoms with Crippen LogP contribution >= 0.6 is 0 Å². The lowest BCUT2D eigenvalue weighted by Gasteiger charge is -2.25. The predicted molar refractivity (Wildman–Crippen MR) is 77.6 cm³/mol. The van der Waals surface area contributed by atoms with Gasteiger partial charge in [0.25, 0.3) is 5.69 Å². The number of para-hydroxylation sites is 1. The number of nitrogens with zero attached hydrogens (tertiary/aromatic N) is 2. The van der Waals surface area contributed by atoms with Crippen LogP contribution in [0.3, 0.4) is 0 Å². The summed E-state index contributed by atoms with van der Waals surface area (Å²) < 4.78 is 0. The fraction of sp³-hybridized carbons (Fsp3) is 0.357. The maximum Gasteiger partial charge on any atom is 0.276 e. The minimum absolute atomic E-state index is 0.0493. The molecule has 1 saturated heterocycles. The van der Waals surface area contributed by atoms with Crippen LogP contribution in [0.4, 0.5) is 5.69 Å². The van der Waals surface area contributed by atoms with Crippen molar-refractivity contribution in [3.63, 3.8) is 0 Å². The first-order chi connectivity index (χ1) is 10.0. The second-order valence-corrected chi connectivity index (χ2v) is 4.89. The van der Waals surface area contributed by atoms with Crippen LogP contribution in [0.15, 0.2) is 30.3 Å². The SMILES string of the molecule is CN(C(=O)/C=C/c1ccccc1[N+](=O)[O-])[C@H]1CNC[C@@H]1O. The molecule has 21 heavy (non-hydrogen) atoms. The number of aliphatic hydroxyl groups is 1. The number of nitro benzene ring substituents is 1. The van der Waals surface area contributed by atoms with E-state index < -0.39 is 11.0 Å². The molecule has 1 aromatic rings. The molecule has 1 aromatic carbocycles. The Balaban J connectivity index is 2.10. The molecule has 0 bridgehead atoms. The number of nitrogens with one attached hydrogen (secondary N) is 1. The molecule has 0 unspecified atom stereocenters. The number of aliphatic hydroxyl groups excluding tert-OH is 1. The highest BCUT2D eigenvalue weighted by atomic mass is 16.6. The topological polar surface area (TPSA) is 95.7 Å². The minimum Gasteiger partial charge on any atom is -0.390 e. The molecule has 1 heterocycles. The summed E-state index contributed by atoms with van der Waals surface area (Å²) in [5, 5.41) is 23.6. The molecule has 1 aliphatic rings. The molecule has 0 spiro atoms. The van der Waals surface area contributed by atoms with Crippen molar-refractivity contribution >= 4 is 17.7 Å². The van der Waals surface area contributed by atoms with Gasteiger partial charge in [0.15, 0.2) is 0 Å². The molecule has 2 rings (SSSR count). The molecule has 112 valence electrons. The van der Waals surface area contributed by atoms with E-state index in [2.05, 4.69) is 5.32 Å². The molecular formula is C14H17N3O4. The van der Waals surface area contributed by atoms with E-state index in [-0.39, 0.29) is 17.6 Å². The molecule has 7 heteroatoms. The number of likely N-dealkylation sites (N-methyl/N-ethyl adjacent to an activating group) is 1. The van der Waals surface area contributed by atoms with E-state index in [1.807, 2.05) is 0 Å². The van der Waals surface area contributed by atoms with Gasteiger partial charge in [0.2, 0.25) is 5.91 Å². The summed E-state index contributed by atoms with van der Waals surface area (Å²) in [5.74, 6) is -0.305. The lowest BCUT2D eigenvalue weighted by atomic mass is 10.1. The van der Waals surface area contributed by atoms with Crippen LogP contribution in [0.2, 0.25) is 0 Å². The van der Waals surface area contributed by atoms with E-state index >= 15 is 0 Å². The number of amides is 1. The van der Waals surface area contributed by atoms with Crippen LogP contribution in [-0.2, 0) is 4.79 Å². The molecule has 7 nitrogen and oxygen atoms in total. The van der Waals surface area contributed by atoms with Crippen molar-refractivity contribution in [2.45, 2.75) is 12.1 Å². The van der Waals surface area contributed by atoms with Gasteiger partial charge in [0.1, 0.15) is 0 Å². The highest BCUT2D eigenvalue weighted by Gasteiger charge is 2.30. The predicted octanol–water partition coefficient (Wildman–Crippen LogP) is 0.399. The molecule has 2 N–H and O–H groups in total. The van der Waals surface area contributed by atoms with Crippen LogP contribution < -0.4 is 5.32 Å². The van der Waals surface area contributed by atoms with Gasteiger partial charge in [-0.1, -0.05) is 12.1 Å². The lowest BCUT2D eigenvalue weighted by molar-refractivity contribution is -0.385. The summed E-state index contributed by atoms with van der Waals surface area (Å²) in [6.07, 6.45) is 2.11. The highest BCUT2D eigenvalue weighted by molar-refractivity contribution is 5.92. The average molecular weight is 291 g/mol. The lowest BCUT2D eigenvalue weighted by Crippen LogP contribution is -2.43. The Morgan fingerprint density at radius 1 is 1.48 bits per heavy atom. The van der Waals surface area contributed by atoms with Crippen molar-refractivity contribution < 1.29 is 14.8 Å². The third kappa shape index (κ3) is 3.45. The smallest absolute Gasteiger partial charge is 0.276 e. The number of carbonyl (C=O) groups excluding carboxylic acids is 1. The number of rotatable bonds is 4. The first kappa shape index (κ1) is 15.1. The van der Waals surface area contributed by atoms with Gasteiger partial charge in [-0.15, -0.1) is 0 Å². The second-order valence-electron chi connectivity index (χ2n) is 4.89. The molecule has 1 amide bonds. The molecule has 0 saturated carbocycles. The van der Waals surface area contributed by atoms with Crippen molar-refractivity contribution in [3.8, 4) is 0 Å². The summed E-state index contributed by atoms with van der Waals surface area (Å²) in [4.78, 5) is 23.9. The van der Waals surface area contributed by atoms with Crippen molar-refractivity contribution in [2.24, 2.45) is 0 Å². The minimum atomic E-state index is -0.599. The van der Waals surface area contributed by atoms with E-state index in [0.717, 1.165) is 0 Å². The van der Waals surface area contributed by atoms with E-state index in [4.69, 9.17) is 0 Å². The quantitative estimate of drug-likeness (QED) is 0.475. The van der Waals surface area contributed by atoms with Gasteiger partial charge in [-0.3, -0.25) is 14.9 Å². The van der Waals surface area contributed by atoms with Crippen molar-refractivity contribution in [1.82, 2.24) is 10.2 Å². The van der Waals surface area contributed by atoms with E-state index in [0.29, 0.717) is 18.7 Å². The molecule has 1 fully saturated rings. The largest absolute Gasteiger partial charge is 0.390 e. The molecule has 0 aromatic heterocycles. The van der Waals surface area contributed by atoms with E-state index in [1.165, 1.54) is 23.1 Å². The zero-order chi connectivity index (χ0) is 15.4. The monoisotopic (exact) mass is 291 g/mol. The standard InChI is InChI=1S/C14H17N3O4/c1-16(12-8-15-9-13(12)18)14(19)7-6-10-4-2-3-5-11(10)17(20)21/h2-7,12-13,15,18H,8-9H2,1H3/b7-6+/t12-,13-/m0/s1. The number of benzene rings is 1. The van der Waals surface area contributed by atoms with Gasteiger partial charge in [-0.25, -0.2) is 0 Å². The second kappa shape index (κ2) is 6.47. The summed E-state index contributed by atoms with van der Waals surface area (Å²) in [6.45, 7) is 0.985. The van der Waals surface area contributed by atoms with E-state index in [1.54, 1.807) is 25.2 Å². The number of nitro groups is 1. The Kier molecular flexibility index (Phi) is 4.66. The fourth-order valence-electron chi connectivity index (χ4n) is 2.28. The van der Waals surface area contributed by atoms with Crippen molar-refractivity contribution in [1.29, 1.82) is 0 Å². The Hall–Kier alpha value is -2.25. The first-order valence-corrected chi connectivity index (χ1v) is 6.58. The van der Waals surface area contributed by atoms with Gasteiger partial charge in [-0.2, -0.15) is 0 Å². The zero-order valence-electron chi connectivity index (χ0n) is 11.6. The Morgan fingerprint density at radius 3 is 2.81 bits per heavy atom. The third-order valence-corrected chi connectivity index (χ3v) is 3.54. The van der Waals surface area contributed by atoms with Gasteiger partial charge < -0.3 is 15.3 Å².